The molecule has 1 aromatic carbocycles. The van der Waals surface area contributed by atoms with E-state index in [1.54, 1.807) is 6.07 Å². The van der Waals surface area contributed by atoms with Crippen LogP contribution in [0, 0.1) is 5.92 Å². The summed E-state index contributed by atoms with van der Waals surface area (Å²) in [6, 6.07) is 5.67. The molecule has 1 aliphatic rings. The maximum atomic E-state index is 6.10. The summed E-state index contributed by atoms with van der Waals surface area (Å²) in [6.45, 7) is 1.92. The van der Waals surface area contributed by atoms with Crippen LogP contribution < -0.4 is 5.32 Å². The van der Waals surface area contributed by atoms with Crippen LogP contribution >= 0.6 is 35.0 Å². The maximum Gasteiger partial charge on any atom is 0.0465 e. The van der Waals surface area contributed by atoms with E-state index in [1.807, 2.05) is 12.1 Å². The molecule has 1 aliphatic heterocycles. The number of nitrogens with one attached hydrogen (secondary N) is 1. The van der Waals surface area contributed by atoms with E-state index in [9.17, 15) is 0 Å². The first-order chi connectivity index (χ1) is 7.75. The summed E-state index contributed by atoms with van der Waals surface area (Å²) >= 11 is 14.0. The zero-order chi connectivity index (χ0) is 11.4. The van der Waals surface area contributed by atoms with Crippen LogP contribution in [0.15, 0.2) is 18.2 Å². The summed E-state index contributed by atoms with van der Waals surface area (Å²) in [5.41, 5.74) is 1.12. The van der Waals surface area contributed by atoms with Crippen LogP contribution in [0.3, 0.4) is 0 Å². The summed E-state index contributed by atoms with van der Waals surface area (Å²) in [7, 11) is 0. The molecule has 0 spiro atoms. The number of hydrogen-bond acceptors (Lipinski definition) is 2. The van der Waals surface area contributed by atoms with Gasteiger partial charge in [0.25, 0.3) is 0 Å². The van der Waals surface area contributed by atoms with E-state index in [-0.39, 0.29) is 0 Å². The molecule has 88 valence electrons. The van der Waals surface area contributed by atoms with E-state index in [0.717, 1.165) is 29.6 Å². The topological polar surface area (TPSA) is 12.0 Å². The smallest absolute Gasteiger partial charge is 0.0465 e. The predicted octanol–water partition coefficient (Wildman–Crippen LogP) is 3.84. The van der Waals surface area contributed by atoms with Gasteiger partial charge in [-0.3, -0.25) is 0 Å². The Morgan fingerprint density at radius 1 is 1.38 bits per heavy atom. The van der Waals surface area contributed by atoms with Crippen molar-refractivity contribution in [3.63, 3.8) is 0 Å². The summed E-state index contributed by atoms with van der Waals surface area (Å²) < 4.78 is 0. The van der Waals surface area contributed by atoms with Crippen molar-refractivity contribution < 1.29 is 0 Å². The SMILES string of the molecule is Clc1ccc(CNCC2CCSC2)c(Cl)c1. The number of rotatable bonds is 4. The lowest BCUT2D eigenvalue weighted by atomic mass is 10.1. The molecule has 2 rings (SSSR count). The molecule has 1 fully saturated rings. The van der Waals surface area contributed by atoms with E-state index < -0.39 is 0 Å². The largest absolute Gasteiger partial charge is 0.312 e. The van der Waals surface area contributed by atoms with Gasteiger partial charge in [0.05, 0.1) is 0 Å². The zero-order valence-electron chi connectivity index (χ0n) is 9.01. The third-order valence-corrected chi connectivity index (χ3v) is 4.61. The van der Waals surface area contributed by atoms with Gasteiger partial charge in [0.1, 0.15) is 0 Å². The van der Waals surface area contributed by atoms with Crippen molar-refractivity contribution in [3.05, 3.63) is 33.8 Å². The first-order valence-electron chi connectivity index (χ1n) is 5.48. The highest BCUT2D eigenvalue weighted by atomic mass is 35.5. The molecule has 0 radical (unpaired) electrons. The lowest BCUT2D eigenvalue weighted by Gasteiger charge is -2.10. The number of hydrogen-bond donors (Lipinski definition) is 1. The molecule has 1 saturated heterocycles. The highest BCUT2D eigenvalue weighted by Crippen LogP contribution is 2.23. The van der Waals surface area contributed by atoms with Crippen molar-refractivity contribution in [2.75, 3.05) is 18.1 Å². The Morgan fingerprint density at radius 3 is 2.94 bits per heavy atom. The minimum Gasteiger partial charge on any atom is -0.312 e. The Hall–Kier alpha value is 0.110. The van der Waals surface area contributed by atoms with Crippen molar-refractivity contribution in [1.82, 2.24) is 5.32 Å². The Kier molecular flexibility index (Phi) is 4.83. The van der Waals surface area contributed by atoms with Crippen LogP contribution in [0.1, 0.15) is 12.0 Å². The van der Waals surface area contributed by atoms with Gasteiger partial charge in [-0.15, -0.1) is 0 Å². The molecule has 1 nitrogen and oxygen atoms in total. The highest BCUT2D eigenvalue weighted by Gasteiger charge is 2.14. The Labute approximate surface area is 111 Å². The fourth-order valence-electron chi connectivity index (χ4n) is 1.82. The van der Waals surface area contributed by atoms with Gasteiger partial charge in [-0.2, -0.15) is 11.8 Å². The standard InChI is InChI=1S/C12H15Cl2NS/c13-11-2-1-10(12(14)5-11)7-15-6-9-3-4-16-8-9/h1-2,5,9,15H,3-4,6-8H2. The van der Waals surface area contributed by atoms with Gasteiger partial charge in [0.2, 0.25) is 0 Å². The summed E-state index contributed by atoms with van der Waals surface area (Å²) in [5, 5.41) is 4.91. The van der Waals surface area contributed by atoms with Crippen LogP contribution in [0.5, 0.6) is 0 Å². The average molecular weight is 276 g/mol. The molecule has 0 aliphatic carbocycles. The molecular weight excluding hydrogens is 261 g/mol. The molecule has 16 heavy (non-hydrogen) atoms. The highest BCUT2D eigenvalue weighted by molar-refractivity contribution is 7.99. The molecule has 4 heteroatoms. The van der Waals surface area contributed by atoms with Gasteiger partial charge in [-0.1, -0.05) is 29.3 Å². The fourth-order valence-corrected chi connectivity index (χ4v) is 3.58. The lowest BCUT2D eigenvalue weighted by Crippen LogP contribution is -2.22. The van der Waals surface area contributed by atoms with Gasteiger partial charge < -0.3 is 5.32 Å². The number of thioether (sulfide) groups is 1. The molecule has 1 N–H and O–H groups in total. The average Bonchev–Trinajstić information content (AvgIpc) is 2.74. The van der Waals surface area contributed by atoms with Gasteiger partial charge in [0, 0.05) is 16.6 Å². The van der Waals surface area contributed by atoms with Crippen molar-refractivity contribution >= 4 is 35.0 Å². The Morgan fingerprint density at radius 2 is 2.25 bits per heavy atom. The lowest BCUT2D eigenvalue weighted by molar-refractivity contribution is 0.523. The molecule has 0 aromatic heterocycles. The molecule has 0 saturated carbocycles. The van der Waals surface area contributed by atoms with E-state index in [2.05, 4.69) is 17.1 Å². The Bertz CT molecular complexity index is 351. The summed E-state index contributed by atoms with van der Waals surface area (Å²) in [6.07, 6.45) is 1.34. The second-order valence-corrected chi connectivity index (χ2v) is 6.09. The predicted molar refractivity (Wildman–Crippen MR) is 73.6 cm³/mol. The molecule has 0 amide bonds. The van der Waals surface area contributed by atoms with Crippen LogP contribution in [0.25, 0.3) is 0 Å². The third kappa shape index (κ3) is 3.56. The van der Waals surface area contributed by atoms with Crippen LogP contribution in [0.4, 0.5) is 0 Å². The van der Waals surface area contributed by atoms with Gasteiger partial charge in [0.15, 0.2) is 0 Å². The van der Waals surface area contributed by atoms with Crippen LogP contribution in [0.2, 0.25) is 10.0 Å². The van der Waals surface area contributed by atoms with Crippen molar-refractivity contribution in [3.8, 4) is 0 Å². The van der Waals surface area contributed by atoms with Crippen molar-refractivity contribution in [1.29, 1.82) is 0 Å². The van der Waals surface area contributed by atoms with E-state index in [0.29, 0.717) is 5.02 Å². The molecule has 1 atom stereocenters. The molecule has 1 unspecified atom stereocenters. The quantitative estimate of drug-likeness (QED) is 0.896. The second-order valence-electron chi connectivity index (χ2n) is 4.10. The first kappa shape index (κ1) is 12.6. The molecule has 1 aromatic rings. The Balaban J connectivity index is 1.80. The van der Waals surface area contributed by atoms with E-state index >= 15 is 0 Å². The van der Waals surface area contributed by atoms with Gasteiger partial charge >= 0.3 is 0 Å². The fraction of sp³-hybridized carbons (Fsp3) is 0.500. The number of halogens is 2. The van der Waals surface area contributed by atoms with Crippen molar-refractivity contribution in [2.45, 2.75) is 13.0 Å². The zero-order valence-corrected chi connectivity index (χ0v) is 11.3. The second kappa shape index (κ2) is 6.15. The van der Waals surface area contributed by atoms with Gasteiger partial charge in [-0.25, -0.2) is 0 Å². The van der Waals surface area contributed by atoms with Crippen molar-refractivity contribution in [2.24, 2.45) is 5.92 Å². The number of benzene rings is 1. The molecular formula is C12H15Cl2NS. The monoisotopic (exact) mass is 275 g/mol. The van der Waals surface area contributed by atoms with E-state index in [4.69, 9.17) is 23.2 Å². The first-order valence-corrected chi connectivity index (χ1v) is 7.39. The molecule has 1 heterocycles. The molecule has 0 bridgehead atoms. The minimum absolute atomic E-state index is 0.695. The summed E-state index contributed by atoms with van der Waals surface area (Å²) in [5.74, 6) is 3.44. The van der Waals surface area contributed by atoms with Crippen LogP contribution in [-0.2, 0) is 6.54 Å². The van der Waals surface area contributed by atoms with E-state index in [1.165, 1.54) is 17.9 Å². The maximum absolute atomic E-state index is 6.10. The summed E-state index contributed by atoms with van der Waals surface area (Å²) in [4.78, 5) is 0. The van der Waals surface area contributed by atoms with Gasteiger partial charge in [-0.05, 0) is 48.1 Å². The normalized spacial score (nSPS) is 20.2. The van der Waals surface area contributed by atoms with Crippen LogP contribution in [-0.4, -0.2) is 18.1 Å². The minimum atomic E-state index is 0.695. The third-order valence-electron chi connectivity index (χ3n) is 2.79.